The standard InChI is InChI=1S/C3H10N2.C2H2O5/c1-3(5)2-4;3-1(4)7-2(5)6/h3H,2,4-5H2,1H3;(H,3,4)(H,5,6). The Hall–Kier alpha value is -1.34. The number of hydrogen-bond donors (Lipinski definition) is 4. The van der Waals surface area contributed by atoms with Gasteiger partial charge in [0.25, 0.3) is 0 Å². The van der Waals surface area contributed by atoms with Gasteiger partial charge in [0.1, 0.15) is 0 Å². The van der Waals surface area contributed by atoms with E-state index in [0.29, 0.717) is 6.54 Å². The van der Waals surface area contributed by atoms with Gasteiger partial charge in [0.15, 0.2) is 0 Å². The summed E-state index contributed by atoms with van der Waals surface area (Å²) >= 11 is 0. The molecule has 0 aliphatic rings. The van der Waals surface area contributed by atoms with Gasteiger partial charge in [0, 0.05) is 12.6 Å². The van der Waals surface area contributed by atoms with Crippen LogP contribution in [0.2, 0.25) is 0 Å². The highest BCUT2D eigenvalue weighted by Gasteiger charge is 2.01. The van der Waals surface area contributed by atoms with Gasteiger partial charge >= 0.3 is 12.3 Å². The van der Waals surface area contributed by atoms with E-state index in [9.17, 15) is 9.59 Å². The van der Waals surface area contributed by atoms with Crippen molar-refractivity contribution in [3.8, 4) is 0 Å². The van der Waals surface area contributed by atoms with E-state index in [1.165, 1.54) is 0 Å². The first-order valence-corrected chi connectivity index (χ1v) is 2.99. The molecule has 72 valence electrons. The molecule has 0 aromatic carbocycles. The predicted octanol–water partition coefficient (Wildman–Crippen LogP) is -0.349. The zero-order chi connectivity index (χ0) is 10.1. The predicted molar refractivity (Wildman–Crippen MR) is 39.8 cm³/mol. The average Bonchev–Trinajstić information content (AvgIpc) is 1.85. The van der Waals surface area contributed by atoms with E-state index in [2.05, 4.69) is 4.74 Å². The fourth-order valence-corrected chi connectivity index (χ4v) is 0.0747. The fourth-order valence-electron chi connectivity index (χ4n) is 0.0747. The number of nitrogens with two attached hydrogens (primary N) is 2. The average molecular weight is 180 g/mol. The summed E-state index contributed by atoms with van der Waals surface area (Å²) in [7, 11) is 0. The fraction of sp³-hybridized carbons (Fsp3) is 0.600. The minimum atomic E-state index is -1.81. The molecule has 0 spiro atoms. The molecular formula is C5H12N2O5. The normalized spacial score (nSPS) is 10.6. The highest BCUT2D eigenvalue weighted by atomic mass is 16.7. The van der Waals surface area contributed by atoms with Crippen LogP contribution in [-0.4, -0.2) is 35.1 Å². The summed E-state index contributed by atoms with van der Waals surface area (Å²) in [5.41, 5.74) is 10.2. The maximum atomic E-state index is 9.21. The smallest absolute Gasteiger partial charge is 0.449 e. The van der Waals surface area contributed by atoms with E-state index in [0.717, 1.165) is 0 Å². The SMILES string of the molecule is CC(N)CN.O=C(O)OC(=O)O. The Morgan fingerprint density at radius 2 is 1.67 bits per heavy atom. The second-order valence-corrected chi connectivity index (χ2v) is 1.85. The van der Waals surface area contributed by atoms with Crippen molar-refractivity contribution in [2.75, 3.05) is 6.54 Å². The second kappa shape index (κ2) is 7.76. The van der Waals surface area contributed by atoms with E-state index in [4.69, 9.17) is 21.7 Å². The molecule has 0 heterocycles. The number of hydrogen-bond acceptors (Lipinski definition) is 5. The van der Waals surface area contributed by atoms with Crippen molar-refractivity contribution in [2.24, 2.45) is 11.5 Å². The Bertz CT molecular complexity index is 135. The topological polar surface area (TPSA) is 136 Å². The van der Waals surface area contributed by atoms with Crippen LogP contribution in [0.25, 0.3) is 0 Å². The van der Waals surface area contributed by atoms with Crippen LogP contribution < -0.4 is 11.5 Å². The van der Waals surface area contributed by atoms with Gasteiger partial charge < -0.3 is 26.4 Å². The minimum absolute atomic E-state index is 0.162. The van der Waals surface area contributed by atoms with E-state index < -0.39 is 12.3 Å². The number of ether oxygens (including phenoxy) is 1. The van der Waals surface area contributed by atoms with Crippen LogP contribution >= 0.6 is 0 Å². The molecule has 0 aromatic heterocycles. The zero-order valence-corrected chi connectivity index (χ0v) is 6.56. The van der Waals surface area contributed by atoms with Gasteiger partial charge in [-0.25, -0.2) is 9.59 Å². The molecule has 0 saturated heterocycles. The molecule has 7 heteroatoms. The third kappa shape index (κ3) is 23.4. The van der Waals surface area contributed by atoms with Crippen LogP contribution in [-0.2, 0) is 4.74 Å². The quantitative estimate of drug-likeness (QED) is 0.319. The molecule has 0 amide bonds. The van der Waals surface area contributed by atoms with Crippen LogP contribution in [0.3, 0.4) is 0 Å². The highest BCUT2D eigenvalue weighted by Crippen LogP contribution is 1.73. The Labute approximate surface area is 68.9 Å². The van der Waals surface area contributed by atoms with Gasteiger partial charge in [-0.15, -0.1) is 0 Å². The lowest BCUT2D eigenvalue weighted by Crippen LogP contribution is -2.25. The molecular weight excluding hydrogens is 168 g/mol. The van der Waals surface area contributed by atoms with Gasteiger partial charge in [-0.1, -0.05) is 0 Å². The van der Waals surface area contributed by atoms with E-state index in [1.807, 2.05) is 6.92 Å². The molecule has 0 fully saturated rings. The number of carboxylic acid groups (broad SMARTS) is 2. The summed E-state index contributed by atoms with van der Waals surface area (Å²) in [6.45, 7) is 2.46. The molecule has 0 radical (unpaired) electrons. The summed E-state index contributed by atoms with van der Waals surface area (Å²) in [4.78, 5) is 18.4. The molecule has 0 aliphatic heterocycles. The van der Waals surface area contributed by atoms with E-state index >= 15 is 0 Å². The lowest BCUT2D eigenvalue weighted by Gasteiger charge is -1.92. The van der Waals surface area contributed by atoms with Crippen LogP contribution in [0, 0.1) is 0 Å². The molecule has 7 nitrogen and oxygen atoms in total. The van der Waals surface area contributed by atoms with Crippen molar-refractivity contribution in [2.45, 2.75) is 13.0 Å². The third-order valence-corrected chi connectivity index (χ3v) is 0.546. The van der Waals surface area contributed by atoms with Gasteiger partial charge in [-0.05, 0) is 6.92 Å². The van der Waals surface area contributed by atoms with Crippen LogP contribution in [0.15, 0.2) is 0 Å². The molecule has 12 heavy (non-hydrogen) atoms. The molecule has 6 N–H and O–H groups in total. The van der Waals surface area contributed by atoms with Gasteiger partial charge in [0.2, 0.25) is 0 Å². The van der Waals surface area contributed by atoms with E-state index in [1.54, 1.807) is 0 Å². The molecule has 1 unspecified atom stereocenters. The van der Waals surface area contributed by atoms with Gasteiger partial charge in [-0.2, -0.15) is 0 Å². The zero-order valence-electron chi connectivity index (χ0n) is 6.56. The molecule has 0 rings (SSSR count). The lowest BCUT2D eigenvalue weighted by atomic mass is 10.4. The van der Waals surface area contributed by atoms with Crippen LogP contribution in [0.1, 0.15) is 6.92 Å². The van der Waals surface area contributed by atoms with Crippen molar-refractivity contribution >= 4 is 12.3 Å². The Morgan fingerprint density at radius 1 is 1.42 bits per heavy atom. The molecule has 0 bridgehead atoms. The highest BCUT2D eigenvalue weighted by molar-refractivity contribution is 5.74. The second-order valence-electron chi connectivity index (χ2n) is 1.85. The molecule has 0 aromatic rings. The summed E-state index contributed by atoms with van der Waals surface area (Å²) in [6, 6.07) is 0.162. The summed E-state index contributed by atoms with van der Waals surface area (Å²) < 4.78 is 3.08. The summed E-state index contributed by atoms with van der Waals surface area (Å²) in [6.07, 6.45) is -3.62. The Morgan fingerprint density at radius 3 is 1.67 bits per heavy atom. The van der Waals surface area contributed by atoms with Crippen LogP contribution in [0.4, 0.5) is 9.59 Å². The molecule has 0 aliphatic carbocycles. The summed E-state index contributed by atoms with van der Waals surface area (Å²) in [5.74, 6) is 0. The third-order valence-electron chi connectivity index (χ3n) is 0.546. The summed E-state index contributed by atoms with van der Waals surface area (Å²) in [5, 5.41) is 15.0. The van der Waals surface area contributed by atoms with Gasteiger partial charge in [0.05, 0.1) is 0 Å². The maximum absolute atomic E-state index is 9.21. The van der Waals surface area contributed by atoms with Crippen molar-refractivity contribution in [1.29, 1.82) is 0 Å². The lowest BCUT2D eigenvalue weighted by molar-refractivity contribution is 0.0802. The molecule has 0 saturated carbocycles. The maximum Gasteiger partial charge on any atom is 0.516 e. The Balaban J connectivity index is 0. The van der Waals surface area contributed by atoms with Crippen LogP contribution in [0.5, 0.6) is 0 Å². The largest absolute Gasteiger partial charge is 0.516 e. The van der Waals surface area contributed by atoms with Crippen molar-refractivity contribution in [1.82, 2.24) is 0 Å². The van der Waals surface area contributed by atoms with Crippen molar-refractivity contribution < 1.29 is 24.5 Å². The van der Waals surface area contributed by atoms with Crippen molar-refractivity contribution in [3.63, 3.8) is 0 Å². The van der Waals surface area contributed by atoms with Gasteiger partial charge in [-0.3, -0.25) is 0 Å². The first-order chi connectivity index (χ1) is 5.40. The Kier molecular flexibility index (Phi) is 8.58. The molecule has 1 atom stereocenters. The number of carbonyl (C=O) groups is 2. The minimum Gasteiger partial charge on any atom is -0.449 e. The van der Waals surface area contributed by atoms with E-state index in [-0.39, 0.29) is 6.04 Å². The number of rotatable bonds is 1. The first kappa shape index (κ1) is 13.3. The van der Waals surface area contributed by atoms with Crippen molar-refractivity contribution in [3.05, 3.63) is 0 Å². The first-order valence-electron chi connectivity index (χ1n) is 2.99. The monoisotopic (exact) mass is 180 g/mol.